The minimum absolute atomic E-state index is 0.0291. The van der Waals surface area contributed by atoms with Crippen molar-refractivity contribution < 1.29 is 63.5 Å². The normalized spacial score (nSPS) is 21.5. The third-order valence-electron chi connectivity index (χ3n) is 6.81. The van der Waals surface area contributed by atoms with E-state index < -0.39 is 43.3 Å². The van der Waals surface area contributed by atoms with Gasteiger partial charge in [-0.25, -0.2) is 4.79 Å². The monoisotopic (exact) mass is 614 g/mol. The van der Waals surface area contributed by atoms with Gasteiger partial charge in [-0.1, -0.05) is 18.2 Å². The maximum absolute atomic E-state index is 13.2. The first kappa shape index (κ1) is 32.2. The average molecular weight is 615 g/mol. The van der Waals surface area contributed by atoms with Gasteiger partial charge in [0, 0.05) is 6.07 Å². The lowest BCUT2D eigenvalue weighted by molar-refractivity contribution is -0.276. The van der Waals surface area contributed by atoms with Crippen molar-refractivity contribution in [3.05, 3.63) is 65.2 Å². The molecule has 3 aromatic carbocycles. The van der Waals surface area contributed by atoms with Crippen LogP contribution in [0.5, 0.6) is 40.2 Å². The van der Waals surface area contributed by atoms with E-state index >= 15 is 0 Å². The van der Waals surface area contributed by atoms with Crippen LogP contribution < -0.4 is 23.7 Å². The quantitative estimate of drug-likeness (QED) is 0.157. The summed E-state index contributed by atoms with van der Waals surface area (Å²) in [5, 5.41) is 51.5. The van der Waals surface area contributed by atoms with Crippen LogP contribution >= 0.6 is 0 Å². The molecule has 13 heteroatoms. The highest BCUT2D eigenvalue weighted by molar-refractivity contribution is 5.91. The molecule has 1 saturated heterocycles. The van der Waals surface area contributed by atoms with Crippen LogP contribution in [0.15, 0.2) is 48.5 Å². The molecule has 44 heavy (non-hydrogen) atoms. The Morgan fingerprint density at radius 3 is 2.07 bits per heavy atom. The molecule has 3 aromatic rings. The largest absolute Gasteiger partial charge is 0.508 e. The predicted molar refractivity (Wildman–Crippen MR) is 155 cm³/mol. The molecule has 13 nitrogen and oxygen atoms in total. The number of rotatable bonds is 11. The zero-order valence-corrected chi connectivity index (χ0v) is 24.4. The molecular weight excluding hydrogens is 580 g/mol. The zero-order chi connectivity index (χ0) is 32.0. The SMILES string of the molecule is COc1ccc(/C=C/c2cc(O)cc(O[C@@H]3O[C@H](CO)[C@@H](O)[C@H](O)[C@H]3OC(=O)c3cc(OC)c(OC)c(OC)c3)c2)cc1O. The Morgan fingerprint density at radius 2 is 1.48 bits per heavy atom. The van der Waals surface area contributed by atoms with Gasteiger partial charge >= 0.3 is 5.97 Å². The summed E-state index contributed by atoms with van der Waals surface area (Å²) < 4.78 is 38.0. The van der Waals surface area contributed by atoms with E-state index in [-0.39, 0.29) is 40.1 Å². The van der Waals surface area contributed by atoms with E-state index in [0.717, 1.165) is 0 Å². The number of esters is 1. The lowest BCUT2D eigenvalue weighted by Gasteiger charge is -2.41. The van der Waals surface area contributed by atoms with Crippen molar-refractivity contribution in [1.82, 2.24) is 0 Å². The van der Waals surface area contributed by atoms with Gasteiger partial charge in [0.05, 0.1) is 40.6 Å². The average Bonchev–Trinajstić information content (AvgIpc) is 3.02. The van der Waals surface area contributed by atoms with Gasteiger partial charge in [0.25, 0.3) is 0 Å². The fraction of sp³-hybridized carbons (Fsp3) is 0.323. The van der Waals surface area contributed by atoms with Gasteiger partial charge in [0.2, 0.25) is 12.0 Å². The first-order chi connectivity index (χ1) is 21.1. The Labute approximate surface area is 253 Å². The van der Waals surface area contributed by atoms with Gasteiger partial charge in [-0.15, -0.1) is 0 Å². The lowest BCUT2D eigenvalue weighted by atomic mass is 9.99. The van der Waals surface area contributed by atoms with Crippen LogP contribution in [0, 0.1) is 0 Å². The summed E-state index contributed by atoms with van der Waals surface area (Å²) in [5.74, 6) is -0.195. The zero-order valence-electron chi connectivity index (χ0n) is 24.4. The molecule has 5 atom stereocenters. The fourth-order valence-electron chi connectivity index (χ4n) is 4.57. The molecule has 0 aliphatic carbocycles. The van der Waals surface area contributed by atoms with Crippen molar-refractivity contribution in [3.8, 4) is 40.2 Å². The molecule has 0 bridgehead atoms. The molecule has 0 radical (unpaired) electrons. The van der Waals surface area contributed by atoms with Crippen LogP contribution in [-0.2, 0) is 9.47 Å². The number of hydrogen-bond acceptors (Lipinski definition) is 13. The molecule has 0 aromatic heterocycles. The second-order valence-electron chi connectivity index (χ2n) is 9.63. The van der Waals surface area contributed by atoms with Crippen LogP contribution in [0.1, 0.15) is 21.5 Å². The molecular formula is C31H34O13. The standard InChI is InChI=1S/C31H34O13/c1-38-22-8-7-16(11-21(22)34)5-6-17-9-19(33)14-20(10-17)42-31-29(27(36)26(35)25(15-32)43-31)44-30(37)18-12-23(39-2)28(41-4)24(13-18)40-3/h5-14,25-27,29,31-36H,15H2,1-4H3/b6-5+/t25-,26-,27+,29-,31-/m1/s1. The Morgan fingerprint density at radius 1 is 0.818 bits per heavy atom. The van der Waals surface area contributed by atoms with E-state index in [0.29, 0.717) is 16.9 Å². The maximum Gasteiger partial charge on any atom is 0.339 e. The van der Waals surface area contributed by atoms with E-state index in [4.69, 9.17) is 33.2 Å². The minimum Gasteiger partial charge on any atom is -0.508 e. The van der Waals surface area contributed by atoms with Crippen LogP contribution in [0.25, 0.3) is 12.2 Å². The second-order valence-corrected chi connectivity index (χ2v) is 9.63. The van der Waals surface area contributed by atoms with Crippen molar-refractivity contribution in [2.24, 2.45) is 0 Å². The Balaban J connectivity index is 1.60. The number of aliphatic hydroxyl groups excluding tert-OH is 3. The fourth-order valence-corrected chi connectivity index (χ4v) is 4.57. The molecule has 1 aliphatic heterocycles. The van der Waals surface area contributed by atoms with Gasteiger partial charge in [-0.05, 0) is 47.5 Å². The van der Waals surface area contributed by atoms with Crippen LogP contribution in [-0.4, -0.2) is 97.3 Å². The smallest absolute Gasteiger partial charge is 0.339 e. The first-order valence-corrected chi connectivity index (χ1v) is 13.3. The Kier molecular flexibility index (Phi) is 10.4. The van der Waals surface area contributed by atoms with E-state index in [2.05, 4.69) is 0 Å². The lowest BCUT2D eigenvalue weighted by Crippen LogP contribution is -2.61. The summed E-state index contributed by atoms with van der Waals surface area (Å²) in [6.07, 6.45) is -4.40. The minimum atomic E-state index is -1.73. The summed E-state index contributed by atoms with van der Waals surface area (Å²) in [6.45, 7) is -0.672. The predicted octanol–water partition coefficient (Wildman–Crippen LogP) is 2.35. The highest BCUT2D eigenvalue weighted by Gasteiger charge is 2.48. The van der Waals surface area contributed by atoms with Gasteiger partial charge in [-0.2, -0.15) is 0 Å². The van der Waals surface area contributed by atoms with Crippen LogP contribution in [0.2, 0.25) is 0 Å². The number of ether oxygens (including phenoxy) is 7. The topological polar surface area (TPSA) is 183 Å². The van der Waals surface area contributed by atoms with Gasteiger partial charge < -0.3 is 58.7 Å². The number of carbonyl (C=O) groups is 1. The van der Waals surface area contributed by atoms with Crippen molar-refractivity contribution >= 4 is 18.1 Å². The van der Waals surface area contributed by atoms with Gasteiger partial charge in [0.15, 0.2) is 29.1 Å². The molecule has 0 unspecified atom stereocenters. The third-order valence-corrected chi connectivity index (χ3v) is 6.81. The van der Waals surface area contributed by atoms with Crippen LogP contribution in [0.4, 0.5) is 0 Å². The molecule has 1 aliphatic rings. The third kappa shape index (κ3) is 7.09. The molecule has 236 valence electrons. The molecule has 0 spiro atoms. The molecule has 0 saturated carbocycles. The number of phenols is 2. The summed E-state index contributed by atoms with van der Waals surface area (Å²) >= 11 is 0. The number of carbonyl (C=O) groups excluding carboxylic acids is 1. The Bertz CT molecular complexity index is 1460. The van der Waals surface area contributed by atoms with E-state index in [9.17, 15) is 30.3 Å². The van der Waals surface area contributed by atoms with E-state index in [1.165, 1.54) is 64.8 Å². The molecule has 1 fully saturated rings. The van der Waals surface area contributed by atoms with E-state index in [1.54, 1.807) is 24.3 Å². The summed E-state index contributed by atoms with van der Waals surface area (Å²) in [6, 6.07) is 11.8. The number of hydrogen-bond donors (Lipinski definition) is 5. The number of aliphatic hydroxyl groups is 3. The molecule has 0 amide bonds. The van der Waals surface area contributed by atoms with Crippen molar-refractivity contribution in [2.75, 3.05) is 35.0 Å². The molecule has 5 N–H and O–H groups in total. The van der Waals surface area contributed by atoms with E-state index in [1.807, 2.05) is 0 Å². The summed E-state index contributed by atoms with van der Waals surface area (Å²) in [4.78, 5) is 13.2. The summed E-state index contributed by atoms with van der Waals surface area (Å²) in [7, 11) is 5.59. The number of benzene rings is 3. The van der Waals surface area contributed by atoms with Crippen molar-refractivity contribution in [2.45, 2.75) is 30.7 Å². The molecule has 4 rings (SSSR count). The molecule has 1 heterocycles. The highest BCUT2D eigenvalue weighted by Crippen LogP contribution is 2.39. The van der Waals surface area contributed by atoms with Crippen molar-refractivity contribution in [3.63, 3.8) is 0 Å². The number of aromatic hydroxyl groups is 2. The first-order valence-electron chi connectivity index (χ1n) is 13.3. The summed E-state index contributed by atoms with van der Waals surface area (Å²) in [5.41, 5.74) is 1.10. The van der Waals surface area contributed by atoms with Crippen LogP contribution in [0.3, 0.4) is 0 Å². The Hall–Kier alpha value is -4.69. The van der Waals surface area contributed by atoms with Crippen molar-refractivity contribution in [1.29, 1.82) is 0 Å². The number of methoxy groups -OCH3 is 4. The highest BCUT2D eigenvalue weighted by atomic mass is 16.7. The maximum atomic E-state index is 13.2. The number of phenolic OH excluding ortho intramolecular Hbond substituents is 2. The van der Waals surface area contributed by atoms with Gasteiger partial charge in [0.1, 0.15) is 29.8 Å². The van der Waals surface area contributed by atoms with Gasteiger partial charge in [-0.3, -0.25) is 0 Å². The second kappa shape index (κ2) is 14.2.